The van der Waals surface area contributed by atoms with E-state index in [2.05, 4.69) is 63.4 Å². The first-order valence-electron chi connectivity index (χ1n) is 8.47. The average molecular weight is 386 g/mol. The molecule has 4 heterocycles. The summed E-state index contributed by atoms with van der Waals surface area (Å²) in [5.41, 5.74) is 3.02. The van der Waals surface area contributed by atoms with Crippen molar-refractivity contribution in [2.45, 2.75) is 0 Å². The molecule has 0 radical (unpaired) electrons. The van der Waals surface area contributed by atoms with Crippen LogP contribution in [0.15, 0.2) is 67.3 Å². The van der Waals surface area contributed by atoms with Crippen LogP contribution < -0.4 is 0 Å². The van der Waals surface area contributed by atoms with Gasteiger partial charge in [0.1, 0.15) is 0 Å². The third-order valence-corrected chi connectivity index (χ3v) is 6.58. The average Bonchev–Trinajstić information content (AvgIpc) is 3.41. The van der Waals surface area contributed by atoms with E-state index in [-0.39, 0.29) is 0 Å². The Morgan fingerprint density at radius 2 is 1.74 bits per heavy atom. The van der Waals surface area contributed by atoms with E-state index in [1.54, 1.807) is 35.1 Å². The lowest BCUT2D eigenvalue weighted by Crippen LogP contribution is -2.03. The third kappa shape index (κ3) is 2.55. The third-order valence-electron chi connectivity index (χ3n) is 4.58. The Morgan fingerprint density at radius 3 is 2.52 bits per heavy atom. The van der Waals surface area contributed by atoms with Gasteiger partial charge in [-0.05, 0) is 58.6 Å². The number of benzene rings is 1. The molecule has 0 unspecified atom stereocenters. The molecule has 0 atom stereocenters. The highest BCUT2D eigenvalue weighted by Crippen LogP contribution is 2.39. The van der Waals surface area contributed by atoms with Gasteiger partial charge in [-0.15, -0.1) is 22.7 Å². The minimum Gasteiger partial charge on any atom is -0.277 e. The van der Waals surface area contributed by atoms with Gasteiger partial charge in [0.2, 0.25) is 5.95 Å². The molecule has 3 nitrogen and oxygen atoms in total. The van der Waals surface area contributed by atoms with Crippen molar-refractivity contribution in [3.05, 3.63) is 78.6 Å². The second kappa shape index (κ2) is 6.30. The zero-order valence-corrected chi connectivity index (χ0v) is 16.1. The van der Waals surface area contributed by atoms with Crippen LogP contribution in [0.1, 0.15) is 11.3 Å². The van der Waals surface area contributed by atoms with Crippen LogP contribution in [0.5, 0.6) is 0 Å². The maximum atomic E-state index is 4.46. The Bertz CT molecular complexity index is 1260. The lowest BCUT2D eigenvalue weighted by Gasteiger charge is -2.08. The molecule has 5 rings (SSSR count). The number of thiophene rings is 2. The number of fused-ring (bicyclic) bond motifs is 2. The van der Waals surface area contributed by atoms with Crippen LogP contribution in [0.4, 0.5) is 0 Å². The highest BCUT2D eigenvalue weighted by molar-refractivity contribution is 7.22. The summed E-state index contributed by atoms with van der Waals surface area (Å²) in [6, 6.07) is 12.9. The van der Waals surface area contributed by atoms with Gasteiger partial charge in [0.05, 0.1) is 16.3 Å². The van der Waals surface area contributed by atoms with E-state index in [1.165, 1.54) is 25.0 Å². The minimum absolute atomic E-state index is 0.633. The van der Waals surface area contributed by atoms with Crippen molar-refractivity contribution in [2.75, 3.05) is 0 Å². The SMILES string of the molecule is C=Cc1cc(-c2cc3cc4sccc4cc3s2)n(-c2ncccn2)c1C=C. The van der Waals surface area contributed by atoms with E-state index in [4.69, 9.17) is 0 Å². The summed E-state index contributed by atoms with van der Waals surface area (Å²) in [5.74, 6) is 0.633. The van der Waals surface area contributed by atoms with Gasteiger partial charge >= 0.3 is 0 Å². The fourth-order valence-corrected chi connectivity index (χ4v) is 5.26. The first-order chi connectivity index (χ1) is 13.3. The van der Waals surface area contributed by atoms with Crippen molar-refractivity contribution in [2.24, 2.45) is 0 Å². The maximum absolute atomic E-state index is 4.46. The Balaban J connectivity index is 1.79. The standard InChI is InChI=1S/C22H15N3S2/c1-3-14-10-18(25(17(14)4-2)22-23-7-5-8-24-22)21-13-16-12-19-15(6-9-26-19)11-20(16)27-21/h3-13H,1-2H2. The monoisotopic (exact) mass is 385 g/mol. The number of aromatic nitrogens is 3. The number of rotatable bonds is 4. The van der Waals surface area contributed by atoms with Crippen molar-refractivity contribution in [1.29, 1.82) is 0 Å². The van der Waals surface area contributed by atoms with E-state index in [9.17, 15) is 0 Å². The van der Waals surface area contributed by atoms with Crippen LogP contribution in [-0.2, 0) is 0 Å². The Labute approximate surface area is 164 Å². The van der Waals surface area contributed by atoms with Gasteiger partial charge in [0, 0.05) is 27.4 Å². The van der Waals surface area contributed by atoms with E-state index in [0.717, 1.165) is 17.0 Å². The molecule has 0 bridgehead atoms. The molecule has 0 aliphatic heterocycles. The Hall–Kier alpha value is -3.02. The predicted molar refractivity (Wildman–Crippen MR) is 118 cm³/mol. The number of nitrogens with zero attached hydrogens (tertiary/aromatic N) is 3. The van der Waals surface area contributed by atoms with Crippen LogP contribution in [-0.4, -0.2) is 14.5 Å². The second-order valence-electron chi connectivity index (χ2n) is 6.12. The molecular formula is C22H15N3S2. The molecule has 5 aromatic rings. The molecule has 0 saturated carbocycles. The lowest BCUT2D eigenvalue weighted by molar-refractivity contribution is 0.934. The molecule has 1 aromatic carbocycles. The van der Waals surface area contributed by atoms with E-state index >= 15 is 0 Å². The topological polar surface area (TPSA) is 30.7 Å². The smallest absolute Gasteiger partial charge is 0.234 e. The Morgan fingerprint density at radius 1 is 0.926 bits per heavy atom. The summed E-state index contributed by atoms with van der Waals surface area (Å²) in [6.07, 6.45) is 7.20. The highest BCUT2D eigenvalue weighted by Gasteiger charge is 2.18. The van der Waals surface area contributed by atoms with Gasteiger partial charge in [-0.3, -0.25) is 4.57 Å². The van der Waals surface area contributed by atoms with Gasteiger partial charge < -0.3 is 0 Å². The summed E-state index contributed by atoms with van der Waals surface area (Å²) in [5, 5.41) is 4.69. The van der Waals surface area contributed by atoms with Crippen molar-refractivity contribution in [3.8, 4) is 16.5 Å². The van der Waals surface area contributed by atoms with Crippen LogP contribution in [0.3, 0.4) is 0 Å². The highest BCUT2D eigenvalue weighted by atomic mass is 32.1. The summed E-state index contributed by atoms with van der Waals surface area (Å²) in [7, 11) is 0. The minimum atomic E-state index is 0.633. The number of hydrogen-bond acceptors (Lipinski definition) is 4. The first-order valence-corrected chi connectivity index (χ1v) is 10.2. The molecule has 0 N–H and O–H groups in total. The first kappa shape index (κ1) is 16.2. The zero-order chi connectivity index (χ0) is 18.4. The van der Waals surface area contributed by atoms with Crippen molar-refractivity contribution in [3.63, 3.8) is 0 Å². The summed E-state index contributed by atoms with van der Waals surface area (Å²) in [4.78, 5) is 10.1. The molecule has 0 saturated heterocycles. The van der Waals surface area contributed by atoms with Crippen LogP contribution in [0, 0.1) is 0 Å². The van der Waals surface area contributed by atoms with E-state index < -0.39 is 0 Å². The molecule has 0 amide bonds. The van der Waals surface area contributed by atoms with Crippen molar-refractivity contribution in [1.82, 2.24) is 14.5 Å². The molecule has 0 aliphatic carbocycles. The molecule has 5 heteroatoms. The predicted octanol–water partition coefficient (Wildman–Crippen LogP) is 6.65. The molecule has 0 aliphatic rings. The fourth-order valence-electron chi connectivity index (χ4n) is 3.34. The zero-order valence-electron chi connectivity index (χ0n) is 14.4. The molecule has 0 spiro atoms. The van der Waals surface area contributed by atoms with E-state index in [1.807, 2.05) is 18.2 Å². The quantitative estimate of drug-likeness (QED) is 0.347. The van der Waals surface area contributed by atoms with Crippen molar-refractivity contribution < 1.29 is 0 Å². The van der Waals surface area contributed by atoms with Gasteiger partial charge in [0.25, 0.3) is 0 Å². The number of hydrogen-bond donors (Lipinski definition) is 0. The Kier molecular flexibility index (Phi) is 3.77. The fraction of sp³-hybridized carbons (Fsp3) is 0. The molecule has 4 aromatic heterocycles. The van der Waals surface area contributed by atoms with Gasteiger partial charge in [-0.25, -0.2) is 9.97 Å². The van der Waals surface area contributed by atoms with Crippen LogP contribution >= 0.6 is 22.7 Å². The van der Waals surface area contributed by atoms with Crippen LogP contribution in [0.2, 0.25) is 0 Å². The summed E-state index contributed by atoms with van der Waals surface area (Å²) in [6.45, 7) is 7.94. The van der Waals surface area contributed by atoms with Gasteiger partial charge in [-0.1, -0.05) is 19.2 Å². The second-order valence-corrected chi connectivity index (χ2v) is 8.15. The van der Waals surface area contributed by atoms with Crippen molar-refractivity contribution >= 4 is 55.0 Å². The van der Waals surface area contributed by atoms with E-state index in [0.29, 0.717) is 5.95 Å². The molecular weight excluding hydrogens is 370 g/mol. The molecule has 130 valence electrons. The van der Waals surface area contributed by atoms with Crippen LogP contribution in [0.25, 0.3) is 48.8 Å². The van der Waals surface area contributed by atoms with Gasteiger partial charge in [-0.2, -0.15) is 0 Å². The summed E-state index contributed by atoms with van der Waals surface area (Å²) >= 11 is 3.55. The molecule has 0 fully saturated rings. The van der Waals surface area contributed by atoms with Gasteiger partial charge in [0.15, 0.2) is 0 Å². The normalized spacial score (nSPS) is 11.3. The molecule has 27 heavy (non-hydrogen) atoms. The summed E-state index contributed by atoms with van der Waals surface area (Å²) < 4.78 is 4.64. The maximum Gasteiger partial charge on any atom is 0.234 e. The lowest BCUT2D eigenvalue weighted by atomic mass is 10.2. The largest absolute Gasteiger partial charge is 0.277 e.